The fraction of sp³-hybridized carbons (Fsp3) is 0.357. The Morgan fingerprint density at radius 1 is 1.05 bits per heavy atom. The van der Waals surface area contributed by atoms with E-state index in [0.717, 1.165) is 12.1 Å². The van der Waals surface area contributed by atoms with Gasteiger partial charge in [-0.15, -0.1) is 13.2 Å². The minimum absolute atomic E-state index is 0.0612. The van der Waals surface area contributed by atoms with Crippen LogP contribution < -0.4 is 0 Å². The van der Waals surface area contributed by atoms with Crippen LogP contribution in [0.2, 0.25) is 0 Å². The van der Waals surface area contributed by atoms with Crippen molar-refractivity contribution in [2.45, 2.75) is 32.4 Å². The molecule has 0 aliphatic rings. The van der Waals surface area contributed by atoms with Crippen molar-refractivity contribution in [1.29, 1.82) is 0 Å². The van der Waals surface area contributed by atoms with E-state index < -0.39 is 23.2 Å². The third kappa shape index (κ3) is 5.50. The van der Waals surface area contributed by atoms with Gasteiger partial charge in [-0.2, -0.15) is 13.2 Å². The molecule has 0 heterocycles. The first kappa shape index (κ1) is 18.3. The van der Waals surface area contributed by atoms with Gasteiger partial charge in [0.25, 0.3) is 5.92 Å². The highest BCUT2D eigenvalue weighted by Gasteiger charge is 2.34. The van der Waals surface area contributed by atoms with Crippen LogP contribution in [-0.4, -0.2) is 5.78 Å². The Morgan fingerprint density at radius 2 is 1.50 bits per heavy atom. The predicted octanol–water partition coefficient (Wildman–Crippen LogP) is 4.75. The van der Waals surface area contributed by atoms with Crippen molar-refractivity contribution in [1.82, 2.24) is 0 Å². The Bertz CT molecular complexity index is 439. The summed E-state index contributed by atoms with van der Waals surface area (Å²) in [5, 5.41) is 0. The van der Waals surface area contributed by atoms with Gasteiger partial charge in [0.15, 0.2) is 0 Å². The van der Waals surface area contributed by atoms with Crippen LogP contribution in [0.1, 0.15) is 30.5 Å². The van der Waals surface area contributed by atoms with Crippen molar-refractivity contribution >= 4 is 5.78 Å². The summed E-state index contributed by atoms with van der Waals surface area (Å²) in [6.07, 6.45) is -5.01. The van der Waals surface area contributed by atoms with E-state index >= 15 is 0 Å². The molecular weight excluding hydrogens is 279 g/mol. The minimum Gasteiger partial charge on any atom is -0.300 e. The summed E-state index contributed by atoms with van der Waals surface area (Å²) < 4.78 is 63.8. The summed E-state index contributed by atoms with van der Waals surface area (Å²) in [7, 11) is 0. The van der Waals surface area contributed by atoms with Gasteiger partial charge >= 0.3 is 6.18 Å². The van der Waals surface area contributed by atoms with E-state index in [1.807, 2.05) is 0 Å². The zero-order valence-electron chi connectivity index (χ0n) is 11.2. The minimum atomic E-state index is -4.72. The van der Waals surface area contributed by atoms with Crippen molar-refractivity contribution in [2.24, 2.45) is 0 Å². The van der Waals surface area contributed by atoms with Gasteiger partial charge in [0.05, 0.1) is 5.56 Å². The zero-order chi connectivity index (χ0) is 16.1. The topological polar surface area (TPSA) is 17.1 Å². The van der Waals surface area contributed by atoms with E-state index in [0.29, 0.717) is 13.0 Å². The molecule has 0 spiro atoms. The maximum Gasteiger partial charge on any atom is 0.416 e. The molecule has 0 aliphatic heterocycles. The quantitative estimate of drug-likeness (QED) is 0.580. The molecular formula is C14H15F5O. The summed E-state index contributed by atoms with van der Waals surface area (Å²) in [4.78, 5) is 10.9. The molecule has 0 saturated carbocycles. The number of hydrogen-bond donors (Lipinski definition) is 0. The lowest BCUT2D eigenvalue weighted by Gasteiger charge is -2.15. The van der Waals surface area contributed by atoms with E-state index in [9.17, 15) is 26.7 Å². The van der Waals surface area contributed by atoms with Crippen LogP contribution in [-0.2, 0) is 23.3 Å². The fourth-order valence-electron chi connectivity index (χ4n) is 1.50. The van der Waals surface area contributed by atoms with Crippen LogP contribution in [0.15, 0.2) is 31.4 Å². The molecule has 0 unspecified atom stereocenters. The molecule has 112 valence electrons. The van der Waals surface area contributed by atoms with Gasteiger partial charge in [-0.1, -0.05) is 0 Å². The van der Waals surface area contributed by atoms with Crippen molar-refractivity contribution in [3.05, 3.63) is 48.0 Å². The third-order valence-electron chi connectivity index (χ3n) is 2.28. The summed E-state index contributed by atoms with van der Waals surface area (Å²) in [5.74, 6) is -3.77. The average molecular weight is 294 g/mol. The number of halogens is 5. The van der Waals surface area contributed by atoms with Gasteiger partial charge in [0.1, 0.15) is 5.78 Å². The molecule has 0 radical (unpaired) electrons. The number of Topliss-reactive ketones (excluding diaryl/α,β-unsaturated/α-hetero) is 1. The van der Waals surface area contributed by atoms with Crippen LogP contribution in [0.25, 0.3) is 0 Å². The highest BCUT2D eigenvalue weighted by Crippen LogP contribution is 2.35. The smallest absolute Gasteiger partial charge is 0.300 e. The van der Waals surface area contributed by atoms with Crippen LogP contribution >= 0.6 is 0 Å². The molecule has 6 heteroatoms. The average Bonchev–Trinajstić information content (AvgIpc) is 2.28. The normalized spacial score (nSPS) is 11.6. The molecule has 0 bridgehead atoms. The van der Waals surface area contributed by atoms with E-state index in [1.54, 1.807) is 0 Å². The predicted molar refractivity (Wildman–Crippen MR) is 66.7 cm³/mol. The van der Waals surface area contributed by atoms with E-state index in [-0.39, 0.29) is 17.8 Å². The SMILES string of the molecule is C=C.CC(=O)Cc1cc(C(C)(F)F)cc(C(F)(F)F)c1. The van der Waals surface area contributed by atoms with Crippen LogP contribution in [0.4, 0.5) is 22.0 Å². The molecule has 0 aliphatic carbocycles. The van der Waals surface area contributed by atoms with E-state index in [4.69, 9.17) is 0 Å². The molecule has 1 nitrogen and oxygen atoms in total. The van der Waals surface area contributed by atoms with Gasteiger partial charge in [-0.3, -0.25) is 4.79 Å². The molecule has 0 amide bonds. The largest absolute Gasteiger partial charge is 0.416 e. The second-order valence-corrected chi connectivity index (χ2v) is 4.18. The van der Waals surface area contributed by atoms with Crippen LogP contribution in [0.5, 0.6) is 0 Å². The Kier molecular flexibility index (Phi) is 6.06. The molecule has 20 heavy (non-hydrogen) atoms. The standard InChI is InChI=1S/C12H11F5O.C2H4/c1-7(18)3-8-4-9(11(2,13)14)6-10(5-8)12(15,16)17;1-2/h4-6H,3H2,1-2H3;1-2H2. The van der Waals surface area contributed by atoms with E-state index in [1.165, 1.54) is 6.92 Å². The van der Waals surface area contributed by atoms with Crippen molar-refractivity contribution in [3.63, 3.8) is 0 Å². The maximum atomic E-state index is 13.1. The Labute approximate surface area is 114 Å². The summed E-state index contributed by atoms with van der Waals surface area (Å²) in [6.45, 7) is 7.70. The number of carbonyl (C=O) groups is 1. The monoisotopic (exact) mass is 294 g/mol. The molecule has 1 aromatic carbocycles. The summed E-state index contributed by atoms with van der Waals surface area (Å²) >= 11 is 0. The first-order valence-corrected chi connectivity index (χ1v) is 5.59. The molecule has 1 rings (SSSR count). The second kappa shape index (κ2) is 6.63. The third-order valence-corrected chi connectivity index (χ3v) is 2.28. The Morgan fingerprint density at radius 3 is 1.85 bits per heavy atom. The van der Waals surface area contributed by atoms with Crippen molar-refractivity contribution < 1.29 is 26.7 Å². The van der Waals surface area contributed by atoms with Crippen molar-refractivity contribution in [3.8, 4) is 0 Å². The Balaban J connectivity index is 0.00000172. The molecule has 0 fully saturated rings. The Hall–Kier alpha value is -1.72. The molecule has 0 atom stereocenters. The molecule has 0 N–H and O–H groups in total. The number of benzene rings is 1. The number of ketones is 1. The highest BCUT2D eigenvalue weighted by molar-refractivity contribution is 5.78. The maximum absolute atomic E-state index is 13.1. The zero-order valence-corrected chi connectivity index (χ0v) is 11.2. The lowest BCUT2D eigenvalue weighted by Crippen LogP contribution is -2.13. The summed E-state index contributed by atoms with van der Waals surface area (Å²) in [5.41, 5.74) is -1.97. The molecule has 0 aromatic heterocycles. The van der Waals surface area contributed by atoms with Gasteiger partial charge in [0.2, 0.25) is 0 Å². The first-order chi connectivity index (χ1) is 9.00. The van der Waals surface area contributed by atoms with Gasteiger partial charge in [0, 0.05) is 18.9 Å². The number of carbonyl (C=O) groups excluding carboxylic acids is 1. The highest BCUT2D eigenvalue weighted by atomic mass is 19.4. The number of alkyl halides is 5. The fourth-order valence-corrected chi connectivity index (χ4v) is 1.50. The number of rotatable bonds is 3. The van der Waals surface area contributed by atoms with Gasteiger partial charge in [-0.05, 0) is 30.7 Å². The van der Waals surface area contributed by atoms with E-state index in [2.05, 4.69) is 13.2 Å². The number of hydrogen-bond acceptors (Lipinski definition) is 1. The second-order valence-electron chi connectivity index (χ2n) is 4.18. The lowest BCUT2D eigenvalue weighted by molar-refractivity contribution is -0.138. The first-order valence-electron chi connectivity index (χ1n) is 5.59. The molecule has 1 aromatic rings. The molecule has 0 saturated heterocycles. The van der Waals surface area contributed by atoms with Gasteiger partial charge < -0.3 is 0 Å². The van der Waals surface area contributed by atoms with Crippen LogP contribution in [0, 0.1) is 0 Å². The lowest BCUT2D eigenvalue weighted by atomic mass is 9.99. The van der Waals surface area contributed by atoms with Gasteiger partial charge in [-0.25, -0.2) is 8.78 Å². The summed E-state index contributed by atoms with van der Waals surface area (Å²) in [6, 6.07) is 2.05. The van der Waals surface area contributed by atoms with Crippen molar-refractivity contribution in [2.75, 3.05) is 0 Å². The van der Waals surface area contributed by atoms with Crippen LogP contribution in [0.3, 0.4) is 0 Å².